The van der Waals surface area contributed by atoms with E-state index in [4.69, 9.17) is 0 Å². The summed E-state index contributed by atoms with van der Waals surface area (Å²) in [6.45, 7) is 8.74. The zero-order valence-electron chi connectivity index (χ0n) is 11.5. The van der Waals surface area contributed by atoms with E-state index in [9.17, 15) is 4.39 Å². The maximum absolute atomic E-state index is 12.9. The second-order valence-electron chi connectivity index (χ2n) is 5.82. The van der Waals surface area contributed by atoms with Gasteiger partial charge in [-0.3, -0.25) is 4.98 Å². The summed E-state index contributed by atoms with van der Waals surface area (Å²) in [5.74, 6) is 1.09. The lowest BCUT2D eigenvalue weighted by atomic mass is 9.95. The predicted octanol–water partition coefficient (Wildman–Crippen LogP) is 3.13. The first kappa shape index (κ1) is 13.5. The van der Waals surface area contributed by atoms with Gasteiger partial charge in [-0.05, 0) is 49.9 Å². The Morgan fingerprint density at radius 1 is 1.50 bits per heavy atom. The Labute approximate surface area is 109 Å². The van der Waals surface area contributed by atoms with Crippen LogP contribution in [0.15, 0.2) is 18.3 Å². The fraction of sp³-hybridized carbons (Fsp3) is 0.667. The molecule has 1 saturated carbocycles. The summed E-state index contributed by atoms with van der Waals surface area (Å²) in [6, 6.07) is 3.37. The third-order valence-electron chi connectivity index (χ3n) is 4.04. The van der Waals surface area contributed by atoms with E-state index in [2.05, 4.69) is 31.1 Å². The van der Waals surface area contributed by atoms with Crippen LogP contribution in [0, 0.1) is 17.7 Å². The van der Waals surface area contributed by atoms with Crippen LogP contribution in [0.25, 0.3) is 0 Å². The Morgan fingerprint density at radius 3 is 2.83 bits per heavy atom. The van der Waals surface area contributed by atoms with Gasteiger partial charge in [0.1, 0.15) is 5.82 Å². The lowest BCUT2D eigenvalue weighted by Gasteiger charge is -2.15. The number of nitrogens with one attached hydrogen (secondary N) is 1. The van der Waals surface area contributed by atoms with Crippen molar-refractivity contribution >= 4 is 0 Å². The highest BCUT2D eigenvalue weighted by molar-refractivity contribution is 5.28. The fourth-order valence-electron chi connectivity index (χ4n) is 2.79. The predicted molar refractivity (Wildman–Crippen MR) is 72.0 cm³/mol. The number of rotatable bonds is 6. The second-order valence-corrected chi connectivity index (χ2v) is 5.82. The lowest BCUT2D eigenvalue weighted by molar-refractivity contribution is 0.493. The standard InChI is InChI=1S/C15H23FN2/c1-4-15(14-6-5-13(16)10-18-14)7-12(15)9-17-8-11(2)3/h5-6,10-12,17H,4,7-9H2,1-3H3. The van der Waals surface area contributed by atoms with E-state index < -0.39 is 0 Å². The first-order valence-corrected chi connectivity index (χ1v) is 6.91. The van der Waals surface area contributed by atoms with Crippen LogP contribution in [0.1, 0.15) is 39.3 Å². The van der Waals surface area contributed by atoms with Gasteiger partial charge in [0.05, 0.1) is 6.20 Å². The smallest absolute Gasteiger partial charge is 0.141 e. The van der Waals surface area contributed by atoms with Crippen LogP contribution in [0.4, 0.5) is 4.39 Å². The van der Waals surface area contributed by atoms with Crippen molar-refractivity contribution in [3.8, 4) is 0 Å². The van der Waals surface area contributed by atoms with E-state index in [1.807, 2.05) is 6.07 Å². The molecule has 1 aromatic rings. The molecule has 0 aliphatic heterocycles. The van der Waals surface area contributed by atoms with E-state index in [1.165, 1.54) is 18.7 Å². The minimum absolute atomic E-state index is 0.192. The Hall–Kier alpha value is -0.960. The first-order chi connectivity index (χ1) is 8.58. The van der Waals surface area contributed by atoms with Crippen LogP contribution in [0.2, 0.25) is 0 Å². The molecule has 2 rings (SSSR count). The average Bonchev–Trinajstić information content (AvgIpc) is 3.04. The molecule has 2 atom stereocenters. The van der Waals surface area contributed by atoms with E-state index in [1.54, 1.807) is 0 Å². The lowest BCUT2D eigenvalue weighted by Crippen LogP contribution is -2.25. The largest absolute Gasteiger partial charge is 0.316 e. The molecular weight excluding hydrogens is 227 g/mol. The molecule has 1 N–H and O–H groups in total. The number of nitrogens with zero attached hydrogens (tertiary/aromatic N) is 1. The van der Waals surface area contributed by atoms with Crippen molar-refractivity contribution in [1.82, 2.24) is 10.3 Å². The van der Waals surface area contributed by atoms with Gasteiger partial charge in [-0.1, -0.05) is 20.8 Å². The minimum atomic E-state index is -0.250. The number of pyridine rings is 1. The van der Waals surface area contributed by atoms with E-state index in [0.29, 0.717) is 11.8 Å². The number of halogens is 1. The van der Waals surface area contributed by atoms with Crippen molar-refractivity contribution in [3.63, 3.8) is 0 Å². The van der Waals surface area contributed by atoms with Crippen LogP contribution in [-0.2, 0) is 5.41 Å². The van der Waals surface area contributed by atoms with Crippen molar-refractivity contribution in [2.24, 2.45) is 11.8 Å². The Kier molecular flexibility index (Phi) is 4.00. The molecule has 0 bridgehead atoms. The van der Waals surface area contributed by atoms with Crippen molar-refractivity contribution in [1.29, 1.82) is 0 Å². The molecule has 3 heteroatoms. The topological polar surface area (TPSA) is 24.9 Å². The maximum atomic E-state index is 12.9. The van der Waals surface area contributed by atoms with Gasteiger partial charge in [0.15, 0.2) is 0 Å². The molecule has 1 fully saturated rings. The van der Waals surface area contributed by atoms with Crippen molar-refractivity contribution < 1.29 is 4.39 Å². The van der Waals surface area contributed by atoms with Crippen LogP contribution in [-0.4, -0.2) is 18.1 Å². The van der Waals surface area contributed by atoms with E-state index in [0.717, 1.165) is 25.2 Å². The highest BCUT2D eigenvalue weighted by atomic mass is 19.1. The van der Waals surface area contributed by atoms with Gasteiger partial charge in [-0.25, -0.2) is 4.39 Å². The van der Waals surface area contributed by atoms with Gasteiger partial charge in [0.25, 0.3) is 0 Å². The minimum Gasteiger partial charge on any atom is -0.316 e. The summed E-state index contributed by atoms with van der Waals surface area (Å²) in [6.07, 6.45) is 3.59. The molecule has 2 unspecified atom stereocenters. The second kappa shape index (κ2) is 5.35. The third kappa shape index (κ3) is 2.72. The summed E-state index contributed by atoms with van der Waals surface area (Å²) in [5.41, 5.74) is 1.25. The molecular formula is C15H23FN2. The molecule has 2 nitrogen and oxygen atoms in total. The Morgan fingerprint density at radius 2 is 2.28 bits per heavy atom. The Bertz CT molecular complexity index is 388. The van der Waals surface area contributed by atoms with Crippen LogP contribution >= 0.6 is 0 Å². The monoisotopic (exact) mass is 250 g/mol. The summed E-state index contributed by atoms with van der Waals surface area (Å²) in [7, 11) is 0. The number of aromatic nitrogens is 1. The van der Waals surface area contributed by atoms with E-state index >= 15 is 0 Å². The normalized spacial score (nSPS) is 26.6. The average molecular weight is 250 g/mol. The van der Waals surface area contributed by atoms with Crippen molar-refractivity contribution in [2.45, 2.75) is 39.0 Å². The summed E-state index contributed by atoms with van der Waals surface area (Å²) in [5, 5.41) is 3.52. The van der Waals surface area contributed by atoms with E-state index in [-0.39, 0.29) is 11.2 Å². The van der Waals surface area contributed by atoms with Crippen molar-refractivity contribution in [3.05, 3.63) is 29.8 Å². The van der Waals surface area contributed by atoms with Gasteiger partial charge in [-0.15, -0.1) is 0 Å². The molecule has 1 aliphatic carbocycles. The molecule has 0 amide bonds. The van der Waals surface area contributed by atoms with Crippen LogP contribution < -0.4 is 5.32 Å². The maximum Gasteiger partial charge on any atom is 0.141 e. The first-order valence-electron chi connectivity index (χ1n) is 6.91. The fourth-order valence-corrected chi connectivity index (χ4v) is 2.79. The quantitative estimate of drug-likeness (QED) is 0.839. The Balaban J connectivity index is 1.96. The van der Waals surface area contributed by atoms with Crippen molar-refractivity contribution in [2.75, 3.05) is 13.1 Å². The summed E-state index contributed by atoms with van der Waals surface area (Å²) in [4.78, 5) is 4.27. The van der Waals surface area contributed by atoms with Gasteiger partial charge in [0, 0.05) is 11.1 Å². The van der Waals surface area contributed by atoms with Gasteiger partial charge >= 0.3 is 0 Å². The molecule has 0 saturated heterocycles. The molecule has 1 heterocycles. The molecule has 0 spiro atoms. The highest BCUT2D eigenvalue weighted by Crippen LogP contribution is 2.55. The molecule has 0 aromatic carbocycles. The molecule has 18 heavy (non-hydrogen) atoms. The summed E-state index contributed by atoms with van der Waals surface area (Å²) >= 11 is 0. The number of hydrogen-bond donors (Lipinski definition) is 1. The molecule has 0 radical (unpaired) electrons. The number of hydrogen-bond acceptors (Lipinski definition) is 2. The zero-order valence-corrected chi connectivity index (χ0v) is 11.5. The zero-order chi connectivity index (χ0) is 13.2. The highest BCUT2D eigenvalue weighted by Gasteiger charge is 2.54. The summed E-state index contributed by atoms with van der Waals surface area (Å²) < 4.78 is 12.9. The van der Waals surface area contributed by atoms with Crippen LogP contribution in [0.3, 0.4) is 0 Å². The third-order valence-corrected chi connectivity index (χ3v) is 4.04. The van der Waals surface area contributed by atoms with Gasteiger partial charge < -0.3 is 5.32 Å². The SMILES string of the molecule is CCC1(c2ccc(F)cn2)CC1CNCC(C)C. The molecule has 1 aliphatic rings. The van der Waals surface area contributed by atoms with Gasteiger partial charge in [-0.2, -0.15) is 0 Å². The molecule has 1 aromatic heterocycles. The molecule has 100 valence electrons. The van der Waals surface area contributed by atoms with Gasteiger partial charge in [0.2, 0.25) is 0 Å². The van der Waals surface area contributed by atoms with Crippen LogP contribution in [0.5, 0.6) is 0 Å².